The molecule has 0 aromatic carbocycles. The number of hydrogen-bond acceptors (Lipinski definition) is 2. The topological polar surface area (TPSA) is 42.1 Å². The molecule has 0 aliphatic heterocycles. The van der Waals surface area contributed by atoms with Crippen LogP contribution in [0.5, 0.6) is 0 Å². The molecule has 0 spiro atoms. The molecular formula is C7H7Br2NO2. The fourth-order valence-corrected chi connectivity index (χ4v) is 1.91. The standard InChI is InChI=1S/C7H7Br2NO2/c1-3-4(8)5(7(11)12-2)10-6(3)9/h10H,1-2H3. The molecule has 0 radical (unpaired) electrons. The fraction of sp³-hybridized carbons (Fsp3) is 0.286. The highest BCUT2D eigenvalue weighted by Crippen LogP contribution is 2.28. The number of H-pyrrole nitrogens is 1. The first kappa shape index (κ1) is 9.80. The van der Waals surface area contributed by atoms with Gasteiger partial charge in [-0.05, 0) is 44.3 Å². The van der Waals surface area contributed by atoms with Crippen molar-refractivity contribution in [2.45, 2.75) is 6.92 Å². The summed E-state index contributed by atoms with van der Waals surface area (Å²) < 4.78 is 6.09. The summed E-state index contributed by atoms with van der Waals surface area (Å²) in [5, 5.41) is 0. The van der Waals surface area contributed by atoms with Crippen LogP contribution in [0.2, 0.25) is 0 Å². The van der Waals surface area contributed by atoms with Gasteiger partial charge in [0.2, 0.25) is 0 Å². The highest BCUT2D eigenvalue weighted by molar-refractivity contribution is 9.11. The predicted octanol–water partition coefficient (Wildman–Crippen LogP) is 2.63. The molecule has 0 saturated carbocycles. The van der Waals surface area contributed by atoms with E-state index in [0.717, 1.165) is 14.6 Å². The SMILES string of the molecule is COC(=O)c1[nH]c(Br)c(C)c1Br. The highest BCUT2D eigenvalue weighted by atomic mass is 79.9. The highest BCUT2D eigenvalue weighted by Gasteiger charge is 2.16. The summed E-state index contributed by atoms with van der Waals surface area (Å²) in [5.41, 5.74) is 1.39. The molecule has 0 amide bonds. The lowest BCUT2D eigenvalue weighted by atomic mass is 10.3. The van der Waals surface area contributed by atoms with Gasteiger partial charge in [-0.15, -0.1) is 0 Å². The quantitative estimate of drug-likeness (QED) is 0.810. The minimum atomic E-state index is -0.379. The molecule has 1 aromatic heterocycles. The number of carbonyl (C=O) groups is 1. The van der Waals surface area contributed by atoms with Gasteiger partial charge in [0.25, 0.3) is 0 Å². The number of rotatable bonds is 1. The predicted molar refractivity (Wildman–Crippen MR) is 52.3 cm³/mol. The van der Waals surface area contributed by atoms with E-state index in [2.05, 4.69) is 41.6 Å². The molecule has 0 fully saturated rings. The van der Waals surface area contributed by atoms with Gasteiger partial charge >= 0.3 is 5.97 Å². The second-order valence-corrected chi connectivity index (χ2v) is 3.83. The number of aromatic amines is 1. The lowest BCUT2D eigenvalue weighted by Crippen LogP contribution is -2.01. The van der Waals surface area contributed by atoms with Crippen LogP contribution in [0, 0.1) is 6.92 Å². The zero-order valence-corrected chi connectivity index (χ0v) is 9.74. The summed E-state index contributed by atoms with van der Waals surface area (Å²) in [7, 11) is 1.35. The average Bonchev–Trinajstić information content (AvgIpc) is 2.32. The van der Waals surface area contributed by atoms with E-state index in [9.17, 15) is 4.79 Å². The van der Waals surface area contributed by atoms with E-state index < -0.39 is 0 Å². The van der Waals surface area contributed by atoms with Gasteiger partial charge in [0.05, 0.1) is 16.2 Å². The van der Waals surface area contributed by atoms with Crippen molar-refractivity contribution in [3.8, 4) is 0 Å². The summed E-state index contributed by atoms with van der Waals surface area (Å²) in [6.07, 6.45) is 0. The number of esters is 1. The van der Waals surface area contributed by atoms with E-state index in [4.69, 9.17) is 0 Å². The number of methoxy groups -OCH3 is 1. The van der Waals surface area contributed by atoms with Crippen molar-refractivity contribution >= 4 is 37.8 Å². The largest absolute Gasteiger partial charge is 0.464 e. The molecule has 0 unspecified atom stereocenters. The van der Waals surface area contributed by atoms with Gasteiger partial charge in [0.1, 0.15) is 5.69 Å². The lowest BCUT2D eigenvalue weighted by Gasteiger charge is -1.95. The van der Waals surface area contributed by atoms with Crippen molar-refractivity contribution in [3.05, 3.63) is 20.3 Å². The van der Waals surface area contributed by atoms with Crippen LogP contribution in [0.4, 0.5) is 0 Å². The van der Waals surface area contributed by atoms with E-state index in [-0.39, 0.29) is 5.97 Å². The van der Waals surface area contributed by atoms with Crippen molar-refractivity contribution in [2.24, 2.45) is 0 Å². The van der Waals surface area contributed by atoms with Crippen molar-refractivity contribution in [3.63, 3.8) is 0 Å². The van der Waals surface area contributed by atoms with Crippen LogP contribution in [-0.4, -0.2) is 18.1 Å². The van der Waals surface area contributed by atoms with Gasteiger partial charge in [-0.2, -0.15) is 0 Å². The number of carbonyl (C=O) groups excluding carboxylic acids is 1. The lowest BCUT2D eigenvalue weighted by molar-refractivity contribution is 0.0593. The van der Waals surface area contributed by atoms with Gasteiger partial charge in [0.15, 0.2) is 0 Å². The van der Waals surface area contributed by atoms with E-state index in [0.29, 0.717) is 5.69 Å². The summed E-state index contributed by atoms with van der Waals surface area (Å²) in [5.74, 6) is -0.379. The Bertz CT molecular complexity index is 319. The van der Waals surface area contributed by atoms with Gasteiger partial charge in [0, 0.05) is 0 Å². The smallest absolute Gasteiger partial charge is 0.355 e. The van der Waals surface area contributed by atoms with Gasteiger partial charge in [-0.3, -0.25) is 0 Å². The maximum Gasteiger partial charge on any atom is 0.355 e. The zero-order chi connectivity index (χ0) is 9.30. The molecule has 0 saturated heterocycles. The number of nitrogens with one attached hydrogen (secondary N) is 1. The molecule has 1 heterocycles. The third-order valence-electron chi connectivity index (χ3n) is 1.50. The molecule has 0 aliphatic rings. The number of aromatic nitrogens is 1. The Balaban J connectivity index is 3.17. The molecule has 5 heteroatoms. The molecule has 1 aromatic rings. The summed E-state index contributed by atoms with van der Waals surface area (Å²) in [4.78, 5) is 14.0. The van der Waals surface area contributed by atoms with Crippen LogP contribution in [0.15, 0.2) is 9.08 Å². The molecule has 66 valence electrons. The molecule has 1 rings (SSSR count). The van der Waals surface area contributed by atoms with E-state index in [1.807, 2.05) is 6.92 Å². The van der Waals surface area contributed by atoms with E-state index >= 15 is 0 Å². The Morgan fingerprint density at radius 2 is 2.08 bits per heavy atom. The summed E-state index contributed by atoms with van der Waals surface area (Å²) in [6, 6.07) is 0. The van der Waals surface area contributed by atoms with Gasteiger partial charge in [-0.25, -0.2) is 4.79 Å². The number of hydrogen-bond donors (Lipinski definition) is 1. The summed E-state index contributed by atoms with van der Waals surface area (Å²) >= 11 is 6.55. The first-order chi connectivity index (χ1) is 5.57. The van der Waals surface area contributed by atoms with Crippen molar-refractivity contribution in [2.75, 3.05) is 7.11 Å². The first-order valence-electron chi connectivity index (χ1n) is 3.19. The molecule has 3 nitrogen and oxygen atoms in total. The second-order valence-electron chi connectivity index (χ2n) is 2.24. The average molecular weight is 297 g/mol. The van der Waals surface area contributed by atoms with Crippen LogP contribution in [-0.2, 0) is 4.74 Å². The third-order valence-corrected chi connectivity index (χ3v) is 3.29. The Labute approximate surface area is 86.7 Å². The minimum absolute atomic E-state index is 0.379. The Hall–Kier alpha value is -0.290. The molecular weight excluding hydrogens is 290 g/mol. The first-order valence-corrected chi connectivity index (χ1v) is 4.78. The second kappa shape index (κ2) is 3.62. The molecule has 0 atom stereocenters. The van der Waals surface area contributed by atoms with Crippen molar-refractivity contribution in [1.29, 1.82) is 0 Å². The molecule has 12 heavy (non-hydrogen) atoms. The van der Waals surface area contributed by atoms with Crippen LogP contribution < -0.4 is 0 Å². The maximum absolute atomic E-state index is 11.1. The fourth-order valence-electron chi connectivity index (χ4n) is 0.785. The van der Waals surface area contributed by atoms with E-state index in [1.165, 1.54) is 7.11 Å². The molecule has 0 bridgehead atoms. The van der Waals surface area contributed by atoms with Crippen LogP contribution in [0.1, 0.15) is 16.1 Å². The number of halogens is 2. The maximum atomic E-state index is 11.1. The Morgan fingerprint density at radius 1 is 1.50 bits per heavy atom. The van der Waals surface area contributed by atoms with Crippen molar-refractivity contribution in [1.82, 2.24) is 4.98 Å². The van der Waals surface area contributed by atoms with Crippen LogP contribution >= 0.6 is 31.9 Å². The van der Waals surface area contributed by atoms with Crippen LogP contribution in [0.25, 0.3) is 0 Å². The molecule has 1 N–H and O–H groups in total. The number of ether oxygens (including phenoxy) is 1. The third kappa shape index (κ3) is 1.56. The Morgan fingerprint density at radius 3 is 2.42 bits per heavy atom. The normalized spacial score (nSPS) is 10.0. The van der Waals surface area contributed by atoms with Gasteiger partial charge < -0.3 is 9.72 Å². The zero-order valence-electron chi connectivity index (χ0n) is 6.57. The Kier molecular flexibility index (Phi) is 2.95. The minimum Gasteiger partial charge on any atom is -0.464 e. The monoisotopic (exact) mass is 295 g/mol. The summed E-state index contributed by atoms with van der Waals surface area (Å²) in [6.45, 7) is 1.89. The van der Waals surface area contributed by atoms with Crippen molar-refractivity contribution < 1.29 is 9.53 Å². The molecule has 0 aliphatic carbocycles. The van der Waals surface area contributed by atoms with Crippen LogP contribution in [0.3, 0.4) is 0 Å². The van der Waals surface area contributed by atoms with E-state index in [1.54, 1.807) is 0 Å². The van der Waals surface area contributed by atoms with Gasteiger partial charge in [-0.1, -0.05) is 0 Å².